The predicted molar refractivity (Wildman–Crippen MR) is 88.3 cm³/mol. The van der Waals surface area contributed by atoms with E-state index in [2.05, 4.69) is 35.8 Å². The quantitative estimate of drug-likeness (QED) is 0.719. The highest BCUT2D eigenvalue weighted by molar-refractivity contribution is 5.68. The minimum Gasteiger partial charge on any atom is -0.275 e. The van der Waals surface area contributed by atoms with Gasteiger partial charge in [-0.3, -0.25) is 4.68 Å². The minimum absolute atomic E-state index is 0.0885. The maximum absolute atomic E-state index is 14.1. The summed E-state index contributed by atoms with van der Waals surface area (Å²) in [6.45, 7) is 6.26. The summed E-state index contributed by atoms with van der Waals surface area (Å²) in [4.78, 5) is 8.89. The van der Waals surface area contributed by atoms with Crippen LogP contribution in [-0.4, -0.2) is 19.7 Å². The third-order valence-electron chi connectivity index (χ3n) is 3.59. The van der Waals surface area contributed by atoms with E-state index in [0.717, 1.165) is 11.4 Å². The molecule has 2 aromatic heterocycles. The van der Waals surface area contributed by atoms with Crippen molar-refractivity contribution in [2.75, 3.05) is 0 Å². The molecule has 0 aliphatic heterocycles. The molecule has 0 spiro atoms. The van der Waals surface area contributed by atoms with E-state index in [1.54, 1.807) is 10.9 Å². The van der Waals surface area contributed by atoms with E-state index in [1.165, 1.54) is 12.1 Å². The number of aromatic nitrogens is 4. The SMILES string of the molecule is Cn1ccc(-c2cc(F)cc(-c3nccc(C(C)(C)C)n3)c2)n1. The third-order valence-corrected chi connectivity index (χ3v) is 3.59. The highest BCUT2D eigenvalue weighted by Gasteiger charge is 2.17. The number of aryl methyl sites for hydroxylation is 1. The molecular formula is C18H19FN4. The molecule has 0 amide bonds. The highest BCUT2D eigenvalue weighted by Crippen LogP contribution is 2.27. The zero-order valence-electron chi connectivity index (χ0n) is 13.7. The van der Waals surface area contributed by atoms with Crippen LogP contribution >= 0.6 is 0 Å². The Morgan fingerprint density at radius 1 is 1.04 bits per heavy atom. The van der Waals surface area contributed by atoms with Crippen LogP contribution in [0.5, 0.6) is 0 Å². The Bertz CT molecular complexity index is 846. The van der Waals surface area contributed by atoms with Crippen LogP contribution in [0.25, 0.3) is 22.6 Å². The van der Waals surface area contributed by atoms with Gasteiger partial charge in [0.1, 0.15) is 5.82 Å². The van der Waals surface area contributed by atoms with Gasteiger partial charge in [-0.25, -0.2) is 14.4 Å². The zero-order chi connectivity index (χ0) is 16.6. The van der Waals surface area contributed by atoms with Crippen molar-refractivity contribution in [1.82, 2.24) is 19.7 Å². The zero-order valence-corrected chi connectivity index (χ0v) is 13.7. The van der Waals surface area contributed by atoms with E-state index in [4.69, 9.17) is 0 Å². The second-order valence-electron chi connectivity index (χ2n) is 6.62. The first-order valence-electron chi connectivity index (χ1n) is 7.47. The Kier molecular flexibility index (Phi) is 3.72. The molecule has 3 aromatic rings. The Labute approximate surface area is 135 Å². The summed E-state index contributed by atoms with van der Waals surface area (Å²) in [5.41, 5.74) is 2.92. The van der Waals surface area contributed by atoms with Crippen molar-refractivity contribution in [1.29, 1.82) is 0 Å². The molecule has 0 bridgehead atoms. The fourth-order valence-electron chi connectivity index (χ4n) is 2.35. The van der Waals surface area contributed by atoms with Crippen molar-refractivity contribution in [3.8, 4) is 22.6 Å². The molecule has 0 radical (unpaired) electrons. The average molecular weight is 310 g/mol. The van der Waals surface area contributed by atoms with Crippen molar-refractivity contribution in [2.45, 2.75) is 26.2 Å². The molecule has 0 atom stereocenters. The molecule has 0 fully saturated rings. The summed E-state index contributed by atoms with van der Waals surface area (Å²) in [6, 6.07) is 8.54. The van der Waals surface area contributed by atoms with Crippen molar-refractivity contribution >= 4 is 0 Å². The number of hydrogen-bond acceptors (Lipinski definition) is 3. The molecule has 0 saturated carbocycles. The molecule has 0 aliphatic carbocycles. The van der Waals surface area contributed by atoms with E-state index in [-0.39, 0.29) is 11.2 Å². The second-order valence-corrected chi connectivity index (χ2v) is 6.62. The summed E-state index contributed by atoms with van der Waals surface area (Å²) >= 11 is 0. The van der Waals surface area contributed by atoms with Gasteiger partial charge in [0, 0.05) is 41.7 Å². The van der Waals surface area contributed by atoms with Crippen LogP contribution in [-0.2, 0) is 12.5 Å². The lowest BCUT2D eigenvalue weighted by atomic mass is 9.92. The van der Waals surface area contributed by atoms with Crippen LogP contribution in [0.2, 0.25) is 0 Å². The second kappa shape index (κ2) is 5.57. The summed E-state index contributed by atoms with van der Waals surface area (Å²) in [5.74, 6) is 0.196. The summed E-state index contributed by atoms with van der Waals surface area (Å²) < 4.78 is 15.7. The Morgan fingerprint density at radius 3 is 2.43 bits per heavy atom. The van der Waals surface area contributed by atoms with Gasteiger partial charge in [0.25, 0.3) is 0 Å². The van der Waals surface area contributed by atoms with Gasteiger partial charge in [-0.1, -0.05) is 20.8 Å². The van der Waals surface area contributed by atoms with Crippen LogP contribution in [0.15, 0.2) is 42.7 Å². The van der Waals surface area contributed by atoms with Gasteiger partial charge < -0.3 is 0 Å². The minimum atomic E-state index is -0.326. The lowest BCUT2D eigenvalue weighted by Gasteiger charge is -2.18. The lowest BCUT2D eigenvalue weighted by molar-refractivity contribution is 0.567. The molecule has 118 valence electrons. The fourth-order valence-corrected chi connectivity index (χ4v) is 2.35. The summed E-state index contributed by atoms with van der Waals surface area (Å²) in [6.07, 6.45) is 3.55. The van der Waals surface area contributed by atoms with Crippen molar-refractivity contribution in [3.63, 3.8) is 0 Å². The van der Waals surface area contributed by atoms with Gasteiger partial charge >= 0.3 is 0 Å². The standard InChI is InChI=1S/C18H19FN4/c1-18(2,3)16-5-7-20-17(21-16)13-9-12(10-14(19)11-13)15-6-8-23(4)22-15/h5-11H,1-4H3. The highest BCUT2D eigenvalue weighted by atomic mass is 19.1. The summed E-state index contributed by atoms with van der Waals surface area (Å²) in [5, 5.41) is 4.32. The predicted octanol–water partition coefficient (Wildman–Crippen LogP) is 3.98. The van der Waals surface area contributed by atoms with Crippen LogP contribution in [0, 0.1) is 5.82 Å². The Hall–Kier alpha value is -2.56. The summed E-state index contributed by atoms with van der Waals surface area (Å²) in [7, 11) is 1.83. The first-order valence-corrected chi connectivity index (χ1v) is 7.47. The Morgan fingerprint density at radius 2 is 1.78 bits per heavy atom. The number of rotatable bonds is 2. The third kappa shape index (κ3) is 3.28. The van der Waals surface area contributed by atoms with Crippen LogP contribution in [0.4, 0.5) is 4.39 Å². The number of nitrogens with zero attached hydrogens (tertiary/aromatic N) is 4. The molecule has 2 heterocycles. The first-order chi connectivity index (χ1) is 10.8. The van der Waals surface area contributed by atoms with Crippen molar-refractivity contribution in [3.05, 3.63) is 54.2 Å². The van der Waals surface area contributed by atoms with Crippen molar-refractivity contribution < 1.29 is 4.39 Å². The van der Waals surface area contributed by atoms with Gasteiger partial charge in [-0.15, -0.1) is 0 Å². The molecule has 23 heavy (non-hydrogen) atoms. The number of halogens is 1. The van der Waals surface area contributed by atoms with Gasteiger partial charge in [0.2, 0.25) is 0 Å². The van der Waals surface area contributed by atoms with E-state index in [9.17, 15) is 4.39 Å². The normalized spacial score (nSPS) is 11.7. The van der Waals surface area contributed by atoms with E-state index < -0.39 is 0 Å². The molecule has 4 nitrogen and oxygen atoms in total. The van der Waals surface area contributed by atoms with Gasteiger partial charge in [0.15, 0.2) is 5.82 Å². The van der Waals surface area contributed by atoms with Crippen LogP contribution in [0.3, 0.4) is 0 Å². The molecule has 5 heteroatoms. The maximum atomic E-state index is 14.1. The van der Waals surface area contributed by atoms with E-state index in [1.807, 2.05) is 31.4 Å². The molecule has 3 rings (SSSR count). The van der Waals surface area contributed by atoms with E-state index in [0.29, 0.717) is 17.0 Å². The smallest absolute Gasteiger partial charge is 0.159 e. The molecule has 0 saturated heterocycles. The largest absolute Gasteiger partial charge is 0.275 e. The lowest BCUT2D eigenvalue weighted by Crippen LogP contribution is -2.14. The topological polar surface area (TPSA) is 43.6 Å². The van der Waals surface area contributed by atoms with Crippen LogP contribution in [0.1, 0.15) is 26.5 Å². The molecule has 0 unspecified atom stereocenters. The molecule has 1 aromatic carbocycles. The van der Waals surface area contributed by atoms with Gasteiger partial charge in [0.05, 0.1) is 5.69 Å². The Balaban J connectivity index is 2.09. The van der Waals surface area contributed by atoms with E-state index >= 15 is 0 Å². The monoisotopic (exact) mass is 310 g/mol. The number of benzene rings is 1. The number of hydrogen-bond donors (Lipinski definition) is 0. The van der Waals surface area contributed by atoms with Gasteiger partial charge in [-0.2, -0.15) is 5.10 Å². The molecular weight excluding hydrogens is 291 g/mol. The first kappa shape index (κ1) is 15.3. The van der Waals surface area contributed by atoms with Crippen molar-refractivity contribution in [2.24, 2.45) is 7.05 Å². The van der Waals surface area contributed by atoms with Gasteiger partial charge in [-0.05, 0) is 30.3 Å². The molecule has 0 aliphatic rings. The molecule has 0 N–H and O–H groups in total. The maximum Gasteiger partial charge on any atom is 0.159 e. The van der Waals surface area contributed by atoms with Crippen LogP contribution < -0.4 is 0 Å². The fraction of sp³-hybridized carbons (Fsp3) is 0.278. The average Bonchev–Trinajstić information content (AvgIpc) is 2.92.